The highest BCUT2D eigenvalue weighted by molar-refractivity contribution is 7.92. The molecule has 2 heterocycles. The molecule has 0 saturated carbocycles. The van der Waals surface area contributed by atoms with E-state index in [-0.39, 0.29) is 17.1 Å². The van der Waals surface area contributed by atoms with Crippen LogP contribution in [0.15, 0.2) is 4.90 Å². The topological polar surface area (TPSA) is 130 Å². The molecule has 0 aliphatic heterocycles. The van der Waals surface area contributed by atoms with Gasteiger partial charge in [-0.2, -0.15) is 10.2 Å². The number of nitrogens with zero attached hydrogens (tertiary/aromatic N) is 3. The lowest BCUT2D eigenvalue weighted by atomic mass is 10.3. The third-order valence-electron chi connectivity index (χ3n) is 3.23. The molecule has 0 spiro atoms. The molecule has 0 unspecified atom stereocenters. The Bertz CT molecular complexity index is 815. The van der Waals surface area contributed by atoms with E-state index in [1.165, 1.54) is 4.68 Å². The Morgan fingerprint density at radius 2 is 1.91 bits per heavy atom. The second kappa shape index (κ2) is 5.44. The molecule has 0 aliphatic carbocycles. The van der Waals surface area contributed by atoms with Gasteiger partial charge in [0.25, 0.3) is 10.0 Å². The van der Waals surface area contributed by atoms with E-state index in [1.807, 2.05) is 0 Å². The number of aromatic nitrogens is 4. The molecule has 0 fully saturated rings. The average Bonchev–Trinajstić information content (AvgIpc) is 2.84. The minimum Gasteiger partial charge on any atom is -0.480 e. The van der Waals surface area contributed by atoms with Crippen molar-refractivity contribution in [1.82, 2.24) is 20.0 Å². The Hall–Kier alpha value is -2.36. The van der Waals surface area contributed by atoms with Crippen LogP contribution in [0.25, 0.3) is 0 Å². The number of rotatable bonds is 5. The number of H-pyrrole nitrogens is 1. The van der Waals surface area contributed by atoms with Crippen molar-refractivity contribution in [3.63, 3.8) is 0 Å². The highest BCUT2D eigenvalue weighted by atomic mass is 32.2. The van der Waals surface area contributed by atoms with Gasteiger partial charge in [-0.3, -0.25) is 19.3 Å². The summed E-state index contributed by atoms with van der Waals surface area (Å²) in [6, 6.07) is 0. The van der Waals surface area contributed by atoms with Crippen molar-refractivity contribution in [1.29, 1.82) is 0 Å². The number of carbonyl (C=O) groups is 1. The van der Waals surface area contributed by atoms with Crippen LogP contribution < -0.4 is 4.72 Å². The van der Waals surface area contributed by atoms with Crippen molar-refractivity contribution in [3.05, 3.63) is 22.8 Å². The SMILES string of the molecule is Cc1nn(CC(=O)O)c(C)c1NS(=O)(=O)c1c(C)n[nH]c1C. The largest absolute Gasteiger partial charge is 0.480 e. The fraction of sp³-hybridized carbons (Fsp3) is 0.417. The molecule has 0 aliphatic rings. The smallest absolute Gasteiger partial charge is 0.325 e. The molecule has 3 N–H and O–H groups in total. The minimum atomic E-state index is -3.84. The minimum absolute atomic E-state index is 0.0808. The van der Waals surface area contributed by atoms with Gasteiger partial charge in [0.2, 0.25) is 0 Å². The summed E-state index contributed by atoms with van der Waals surface area (Å²) >= 11 is 0. The number of anilines is 1. The van der Waals surface area contributed by atoms with Gasteiger partial charge < -0.3 is 5.11 Å². The highest BCUT2D eigenvalue weighted by Gasteiger charge is 2.25. The van der Waals surface area contributed by atoms with E-state index in [4.69, 9.17) is 5.11 Å². The molecule has 120 valence electrons. The summed E-state index contributed by atoms with van der Waals surface area (Å²) in [7, 11) is -3.84. The second-order valence-electron chi connectivity index (χ2n) is 4.97. The lowest BCUT2D eigenvalue weighted by Crippen LogP contribution is -2.16. The average molecular weight is 327 g/mol. The third-order valence-corrected chi connectivity index (χ3v) is 4.84. The van der Waals surface area contributed by atoms with E-state index in [0.717, 1.165) is 0 Å². The number of aliphatic carboxylic acids is 1. The summed E-state index contributed by atoms with van der Waals surface area (Å²) in [5, 5.41) is 19.4. The molecule has 10 heteroatoms. The first kappa shape index (κ1) is 16.0. The zero-order valence-corrected chi connectivity index (χ0v) is 13.4. The molecule has 2 aromatic rings. The fourth-order valence-corrected chi connectivity index (χ4v) is 3.80. The van der Waals surface area contributed by atoms with Crippen molar-refractivity contribution in [2.24, 2.45) is 0 Å². The standard InChI is InChI=1S/C12H17N5O4S/c1-6-11(9(4)17(15-6)5-10(18)19)16-22(20,21)12-7(2)13-14-8(12)3/h16H,5H2,1-4H3,(H,13,14)(H,18,19). The first-order valence-corrected chi connectivity index (χ1v) is 7.92. The Balaban J connectivity index is 2.43. The number of nitrogens with one attached hydrogen (secondary N) is 2. The molecule has 22 heavy (non-hydrogen) atoms. The number of carboxylic acids is 1. The zero-order valence-electron chi connectivity index (χ0n) is 12.6. The molecule has 0 aromatic carbocycles. The van der Waals surface area contributed by atoms with Crippen LogP contribution in [0.1, 0.15) is 22.8 Å². The Morgan fingerprint density at radius 1 is 1.27 bits per heavy atom. The van der Waals surface area contributed by atoms with Gasteiger partial charge in [0, 0.05) is 0 Å². The highest BCUT2D eigenvalue weighted by Crippen LogP contribution is 2.25. The van der Waals surface area contributed by atoms with Crippen molar-refractivity contribution in [3.8, 4) is 0 Å². The van der Waals surface area contributed by atoms with Gasteiger partial charge in [-0.05, 0) is 27.7 Å². The van der Waals surface area contributed by atoms with Crippen LogP contribution in [-0.2, 0) is 21.4 Å². The van der Waals surface area contributed by atoms with Crippen molar-refractivity contribution in [2.45, 2.75) is 39.1 Å². The Kier molecular flexibility index (Phi) is 3.96. The fourth-order valence-electron chi connectivity index (χ4n) is 2.25. The van der Waals surface area contributed by atoms with Crippen molar-refractivity contribution in [2.75, 3.05) is 4.72 Å². The maximum atomic E-state index is 12.5. The molecule has 9 nitrogen and oxygen atoms in total. The summed E-state index contributed by atoms with van der Waals surface area (Å²) < 4.78 is 28.7. The summed E-state index contributed by atoms with van der Waals surface area (Å²) in [5.41, 5.74) is 1.90. The number of carboxylic acid groups (broad SMARTS) is 1. The van der Waals surface area contributed by atoms with Crippen LogP contribution in [0.5, 0.6) is 0 Å². The molecule has 0 radical (unpaired) electrons. The zero-order chi connectivity index (χ0) is 16.7. The molecular weight excluding hydrogens is 310 g/mol. The molecule has 0 bridgehead atoms. The van der Waals surface area contributed by atoms with Crippen LogP contribution >= 0.6 is 0 Å². The van der Waals surface area contributed by atoms with E-state index < -0.39 is 16.0 Å². The molecular formula is C12H17N5O4S. The van der Waals surface area contributed by atoms with Gasteiger partial charge in [-0.25, -0.2) is 8.42 Å². The van der Waals surface area contributed by atoms with Gasteiger partial charge in [-0.1, -0.05) is 0 Å². The maximum absolute atomic E-state index is 12.5. The number of hydrogen-bond acceptors (Lipinski definition) is 5. The van der Waals surface area contributed by atoms with Gasteiger partial charge >= 0.3 is 5.97 Å². The van der Waals surface area contributed by atoms with Gasteiger partial charge in [-0.15, -0.1) is 0 Å². The predicted molar refractivity (Wildman–Crippen MR) is 78.2 cm³/mol. The van der Waals surface area contributed by atoms with Crippen LogP contribution in [0.4, 0.5) is 5.69 Å². The van der Waals surface area contributed by atoms with E-state index in [1.54, 1.807) is 27.7 Å². The number of aromatic amines is 1. The van der Waals surface area contributed by atoms with E-state index in [9.17, 15) is 13.2 Å². The first-order chi connectivity index (χ1) is 10.1. The van der Waals surface area contributed by atoms with Crippen molar-refractivity contribution >= 4 is 21.7 Å². The summed E-state index contributed by atoms with van der Waals surface area (Å²) in [4.78, 5) is 10.9. The van der Waals surface area contributed by atoms with E-state index in [0.29, 0.717) is 22.8 Å². The van der Waals surface area contributed by atoms with Crippen LogP contribution in [-0.4, -0.2) is 39.5 Å². The lowest BCUT2D eigenvalue weighted by molar-refractivity contribution is -0.137. The number of aryl methyl sites for hydroxylation is 3. The molecule has 0 atom stereocenters. The molecule has 0 amide bonds. The van der Waals surface area contributed by atoms with Gasteiger partial charge in [0.15, 0.2) is 0 Å². The molecule has 0 saturated heterocycles. The summed E-state index contributed by atoms with van der Waals surface area (Å²) in [5.74, 6) is -1.05. The van der Waals surface area contributed by atoms with Gasteiger partial charge in [0.1, 0.15) is 11.4 Å². The Morgan fingerprint density at radius 3 is 2.41 bits per heavy atom. The lowest BCUT2D eigenvalue weighted by Gasteiger charge is -2.09. The predicted octanol–water partition coefficient (Wildman–Crippen LogP) is 0.725. The summed E-state index contributed by atoms with van der Waals surface area (Å²) in [6.07, 6.45) is 0. The first-order valence-electron chi connectivity index (χ1n) is 6.43. The van der Waals surface area contributed by atoms with Gasteiger partial charge in [0.05, 0.1) is 28.5 Å². The molecule has 2 rings (SSSR count). The van der Waals surface area contributed by atoms with E-state index >= 15 is 0 Å². The van der Waals surface area contributed by atoms with Crippen molar-refractivity contribution < 1.29 is 18.3 Å². The normalized spacial score (nSPS) is 11.6. The van der Waals surface area contributed by atoms with Crippen LogP contribution in [0.2, 0.25) is 0 Å². The summed E-state index contributed by atoms with van der Waals surface area (Å²) in [6.45, 7) is 6.08. The third kappa shape index (κ3) is 2.82. The number of sulfonamides is 1. The quantitative estimate of drug-likeness (QED) is 0.742. The maximum Gasteiger partial charge on any atom is 0.325 e. The monoisotopic (exact) mass is 327 g/mol. The molecule has 2 aromatic heterocycles. The second-order valence-corrected chi connectivity index (χ2v) is 6.59. The van der Waals surface area contributed by atoms with Crippen LogP contribution in [0.3, 0.4) is 0 Å². The Labute approximate surface area is 127 Å². The number of hydrogen-bond donors (Lipinski definition) is 3. The van der Waals surface area contributed by atoms with E-state index in [2.05, 4.69) is 20.0 Å². The van der Waals surface area contributed by atoms with Crippen LogP contribution in [0, 0.1) is 27.7 Å².